The molecule has 1 heterocycles. The van der Waals surface area contributed by atoms with Crippen LogP contribution in [0, 0.1) is 6.92 Å². The van der Waals surface area contributed by atoms with Gasteiger partial charge in [-0.05, 0) is 13.0 Å². The quantitative estimate of drug-likeness (QED) is 0.714. The second kappa shape index (κ2) is 3.39. The zero-order chi connectivity index (χ0) is 8.39. The number of aryl methyl sites for hydroxylation is 1. The Morgan fingerprint density at radius 2 is 1.92 bits per heavy atom. The summed E-state index contributed by atoms with van der Waals surface area (Å²) in [6.45, 7) is 2.09. The van der Waals surface area contributed by atoms with Crippen LogP contribution in [-0.2, 0) is 3.07 Å². The molecule has 0 fully saturated rings. The van der Waals surface area contributed by atoms with Crippen molar-refractivity contribution in [3.05, 3.63) is 41.5 Å². The van der Waals surface area contributed by atoms with Gasteiger partial charge in [-0.2, -0.15) is 0 Å². The molecule has 0 saturated heterocycles. The maximum atomic E-state index is 5.49. The lowest BCUT2D eigenvalue weighted by atomic mass is 10.1. The summed E-state index contributed by atoms with van der Waals surface area (Å²) in [7, 11) is 0. The van der Waals surface area contributed by atoms with Crippen LogP contribution in [0.1, 0.15) is 11.1 Å². The summed E-state index contributed by atoms with van der Waals surface area (Å²) >= 11 is -0.149. The van der Waals surface area contributed by atoms with Gasteiger partial charge in [-0.3, -0.25) is 0 Å². The van der Waals surface area contributed by atoms with Crippen molar-refractivity contribution in [1.29, 1.82) is 0 Å². The molecule has 12 heavy (non-hydrogen) atoms. The first-order valence-corrected chi connectivity index (χ1v) is 5.90. The van der Waals surface area contributed by atoms with Gasteiger partial charge in [0.05, 0.1) is 0 Å². The summed E-state index contributed by atoms with van der Waals surface area (Å²) < 4.78 is 7.63. The van der Waals surface area contributed by atoms with Crippen LogP contribution in [0.4, 0.5) is 0 Å². The Hall–Kier alpha value is -0.640. The van der Waals surface area contributed by atoms with Gasteiger partial charge in [-0.15, -0.1) is 0 Å². The van der Waals surface area contributed by atoms with Crippen molar-refractivity contribution < 1.29 is 3.07 Å². The van der Waals surface area contributed by atoms with Crippen molar-refractivity contribution in [3.63, 3.8) is 0 Å². The van der Waals surface area contributed by atoms with Gasteiger partial charge in [0.1, 0.15) is 26.9 Å². The molecule has 1 aliphatic heterocycles. The Bertz CT molecular complexity index is 335. The van der Waals surface area contributed by atoms with Crippen molar-refractivity contribution in [3.8, 4) is 0 Å². The van der Waals surface area contributed by atoms with Crippen LogP contribution in [0.5, 0.6) is 0 Å². The maximum Gasteiger partial charge on any atom is 0.140 e. The first-order chi connectivity index (χ1) is 5.86. The average Bonchev–Trinajstić information content (AvgIpc) is 2.58. The fraction of sp³-hybridized carbons (Fsp3) is 0.100. The highest BCUT2D eigenvalue weighted by atomic mass is 127. The number of allylic oxidation sites excluding steroid dienone is 1. The number of hydrogen-bond donors (Lipinski definition) is 0. The van der Waals surface area contributed by atoms with E-state index in [1.54, 1.807) is 0 Å². The summed E-state index contributed by atoms with van der Waals surface area (Å²) in [5, 5.41) is 0. The van der Waals surface area contributed by atoms with E-state index < -0.39 is 0 Å². The number of hydrogen-bond acceptors (Lipinski definition) is 1. The molecule has 1 aromatic carbocycles. The van der Waals surface area contributed by atoms with Gasteiger partial charge in [-0.1, -0.05) is 29.8 Å². The van der Waals surface area contributed by atoms with Crippen LogP contribution in [-0.4, -0.2) is 4.01 Å². The molecule has 0 amide bonds. The van der Waals surface area contributed by atoms with E-state index in [1.165, 1.54) is 11.1 Å². The number of rotatable bonds is 1. The maximum absolute atomic E-state index is 5.49. The number of benzene rings is 1. The summed E-state index contributed by atoms with van der Waals surface area (Å²) in [4.78, 5) is 0. The van der Waals surface area contributed by atoms with Gasteiger partial charge < -0.3 is 3.07 Å². The third-order valence-electron chi connectivity index (χ3n) is 1.73. The van der Waals surface area contributed by atoms with Crippen LogP contribution >= 0.6 is 21.1 Å². The molecule has 2 heteroatoms. The lowest BCUT2D eigenvalue weighted by Gasteiger charge is -2.01. The Kier molecular flexibility index (Phi) is 2.26. The molecule has 1 nitrogen and oxygen atoms in total. The Morgan fingerprint density at radius 1 is 1.17 bits per heavy atom. The minimum absolute atomic E-state index is 0.149. The predicted octanol–water partition coefficient (Wildman–Crippen LogP) is 3.05. The van der Waals surface area contributed by atoms with Crippen LogP contribution < -0.4 is 0 Å². The van der Waals surface area contributed by atoms with Crippen molar-refractivity contribution in [2.45, 2.75) is 6.92 Å². The Morgan fingerprint density at radius 3 is 2.50 bits per heavy atom. The molecule has 0 aromatic heterocycles. The molecule has 1 aromatic rings. The molecular formula is C10H9IO. The SMILES string of the molecule is Cc1ccc(C2=CC=IO2)cc1. The second-order valence-corrected chi connectivity index (χ2v) is 4.36. The fourth-order valence-corrected chi connectivity index (χ4v) is 2.34. The highest BCUT2D eigenvalue weighted by Crippen LogP contribution is 2.25. The Balaban J connectivity index is 2.30. The average molecular weight is 272 g/mol. The van der Waals surface area contributed by atoms with Gasteiger partial charge in [0.15, 0.2) is 0 Å². The summed E-state index contributed by atoms with van der Waals surface area (Å²) in [5.41, 5.74) is 2.48. The van der Waals surface area contributed by atoms with Crippen LogP contribution in [0.2, 0.25) is 0 Å². The van der Waals surface area contributed by atoms with E-state index >= 15 is 0 Å². The van der Waals surface area contributed by atoms with Crippen LogP contribution in [0.15, 0.2) is 30.3 Å². The van der Waals surface area contributed by atoms with Crippen molar-refractivity contribution >= 4 is 30.9 Å². The molecule has 62 valence electrons. The number of halogens is 1. The molecular weight excluding hydrogens is 263 g/mol. The molecule has 1 aliphatic rings. The van der Waals surface area contributed by atoms with Gasteiger partial charge in [-0.25, -0.2) is 0 Å². The molecule has 0 bridgehead atoms. The zero-order valence-electron chi connectivity index (χ0n) is 6.75. The van der Waals surface area contributed by atoms with Crippen molar-refractivity contribution in [2.24, 2.45) is 0 Å². The van der Waals surface area contributed by atoms with E-state index in [1.807, 2.05) is 0 Å². The third-order valence-corrected chi connectivity index (χ3v) is 3.11. The standard InChI is InChI=1S/C10H9IO/c1-8-2-4-9(5-3-8)10-6-7-11-12-10/h2-7H,1H3. The smallest absolute Gasteiger partial charge is 0.140 e. The Labute approximate surface area is 82.4 Å². The minimum atomic E-state index is -0.149. The van der Waals surface area contributed by atoms with E-state index in [2.05, 4.69) is 41.3 Å². The lowest BCUT2D eigenvalue weighted by Crippen LogP contribution is -1.81. The van der Waals surface area contributed by atoms with Crippen molar-refractivity contribution in [1.82, 2.24) is 0 Å². The van der Waals surface area contributed by atoms with Crippen molar-refractivity contribution in [2.75, 3.05) is 0 Å². The van der Waals surface area contributed by atoms with E-state index in [0.29, 0.717) is 0 Å². The molecule has 2 rings (SSSR count). The molecule has 0 atom stereocenters. The van der Waals surface area contributed by atoms with Gasteiger partial charge in [0.2, 0.25) is 0 Å². The van der Waals surface area contributed by atoms with Crippen LogP contribution in [0.3, 0.4) is 0 Å². The van der Waals surface area contributed by atoms with E-state index in [-0.39, 0.29) is 21.1 Å². The lowest BCUT2D eigenvalue weighted by molar-refractivity contribution is 0.678. The summed E-state index contributed by atoms with van der Waals surface area (Å²) in [6.07, 6.45) is 2.07. The van der Waals surface area contributed by atoms with E-state index in [4.69, 9.17) is 3.07 Å². The highest BCUT2D eigenvalue weighted by molar-refractivity contribution is 14.2. The largest absolute Gasteiger partial charge is 0.435 e. The van der Waals surface area contributed by atoms with Gasteiger partial charge in [0, 0.05) is 9.58 Å². The first kappa shape index (κ1) is 7.98. The third kappa shape index (κ3) is 1.58. The first-order valence-electron chi connectivity index (χ1n) is 3.77. The summed E-state index contributed by atoms with van der Waals surface area (Å²) in [5.74, 6) is 1.03. The molecule has 0 aliphatic carbocycles. The van der Waals surface area contributed by atoms with Crippen LogP contribution in [0.25, 0.3) is 5.76 Å². The van der Waals surface area contributed by atoms with Gasteiger partial charge in [0.25, 0.3) is 0 Å². The van der Waals surface area contributed by atoms with E-state index in [0.717, 1.165) is 5.76 Å². The fourth-order valence-electron chi connectivity index (χ4n) is 1.04. The zero-order valence-corrected chi connectivity index (χ0v) is 8.91. The second-order valence-electron chi connectivity index (χ2n) is 2.69. The van der Waals surface area contributed by atoms with E-state index in [9.17, 15) is 0 Å². The van der Waals surface area contributed by atoms with Gasteiger partial charge >= 0.3 is 0 Å². The summed E-state index contributed by atoms with van der Waals surface area (Å²) in [6, 6.07) is 8.42. The molecule has 0 unspecified atom stereocenters. The molecule has 0 radical (unpaired) electrons. The minimum Gasteiger partial charge on any atom is -0.435 e. The predicted molar refractivity (Wildman–Crippen MR) is 60.3 cm³/mol. The molecule has 0 saturated carbocycles. The highest BCUT2D eigenvalue weighted by Gasteiger charge is 2.03. The topological polar surface area (TPSA) is 9.23 Å². The monoisotopic (exact) mass is 272 g/mol. The molecule has 0 spiro atoms. The molecule has 0 N–H and O–H groups in total. The normalized spacial score (nSPS) is 14.9.